The van der Waals surface area contributed by atoms with Crippen molar-refractivity contribution in [2.24, 2.45) is 0 Å². The van der Waals surface area contributed by atoms with Crippen LogP contribution in [0.15, 0.2) is 61.1 Å². The highest BCUT2D eigenvalue weighted by Gasteiger charge is 2.17. The van der Waals surface area contributed by atoms with Gasteiger partial charge < -0.3 is 25.0 Å². The van der Waals surface area contributed by atoms with Crippen LogP contribution in [0.1, 0.15) is 31.4 Å². The van der Waals surface area contributed by atoms with E-state index in [2.05, 4.69) is 20.6 Å². The van der Waals surface area contributed by atoms with E-state index in [1.807, 2.05) is 73.1 Å². The van der Waals surface area contributed by atoms with Crippen LogP contribution in [0.4, 0.5) is 11.5 Å². The van der Waals surface area contributed by atoms with Crippen molar-refractivity contribution in [3.63, 3.8) is 0 Å². The summed E-state index contributed by atoms with van der Waals surface area (Å²) in [7, 11) is 0. The molecule has 0 spiro atoms. The summed E-state index contributed by atoms with van der Waals surface area (Å²) in [5.74, 6) is 2.08. The van der Waals surface area contributed by atoms with Crippen molar-refractivity contribution in [2.75, 3.05) is 11.9 Å². The Morgan fingerprint density at radius 1 is 1.11 bits per heavy atom. The SMILES string of the molecule is Cc1cccc(Oc2ccc(Nc3ncnc4ccn(CCNC(=O)CC(C)(C)O)c34)cc2C)c1. The summed E-state index contributed by atoms with van der Waals surface area (Å²) in [6.45, 7) is 8.25. The number of hydrogen-bond acceptors (Lipinski definition) is 6. The van der Waals surface area contributed by atoms with Crippen molar-refractivity contribution in [3.8, 4) is 11.5 Å². The highest BCUT2D eigenvalue weighted by molar-refractivity contribution is 5.88. The van der Waals surface area contributed by atoms with Crippen molar-refractivity contribution in [1.82, 2.24) is 19.9 Å². The van der Waals surface area contributed by atoms with E-state index in [0.717, 1.165) is 39.3 Å². The lowest BCUT2D eigenvalue weighted by molar-refractivity contribution is -0.124. The predicted molar refractivity (Wildman–Crippen MR) is 137 cm³/mol. The van der Waals surface area contributed by atoms with Crippen LogP contribution < -0.4 is 15.4 Å². The molecule has 0 aliphatic heterocycles. The third-order valence-corrected chi connectivity index (χ3v) is 5.47. The van der Waals surface area contributed by atoms with Crippen LogP contribution in [0.25, 0.3) is 11.0 Å². The summed E-state index contributed by atoms with van der Waals surface area (Å²) in [6.07, 6.45) is 3.51. The molecule has 0 saturated heterocycles. The normalized spacial score (nSPS) is 11.5. The zero-order valence-corrected chi connectivity index (χ0v) is 20.5. The Balaban J connectivity index is 1.48. The number of aliphatic hydroxyl groups is 1. The molecular weight excluding hydrogens is 442 g/mol. The molecule has 0 unspecified atom stereocenters. The van der Waals surface area contributed by atoms with Crippen molar-refractivity contribution in [3.05, 3.63) is 72.2 Å². The average molecular weight is 474 g/mol. The van der Waals surface area contributed by atoms with E-state index < -0.39 is 5.60 Å². The van der Waals surface area contributed by atoms with E-state index >= 15 is 0 Å². The van der Waals surface area contributed by atoms with Crippen molar-refractivity contribution >= 4 is 28.4 Å². The zero-order chi connectivity index (χ0) is 25.0. The van der Waals surface area contributed by atoms with Gasteiger partial charge >= 0.3 is 0 Å². The third kappa shape index (κ3) is 6.36. The summed E-state index contributed by atoms with van der Waals surface area (Å²) in [4.78, 5) is 20.9. The Hall–Kier alpha value is -3.91. The molecule has 1 amide bonds. The van der Waals surface area contributed by atoms with Gasteiger partial charge in [0.2, 0.25) is 5.91 Å². The van der Waals surface area contributed by atoms with E-state index in [9.17, 15) is 9.90 Å². The molecule has 2 heterocycles. The van der Waals surface area contributed by atoms with Crippen molar-refractivity contribution in [2.45, 2.75) is 46.3 Å². The van der Waals surface area contributed by atoms with E-state index in [1.54, 1.807) is 13.8 Å². The van der Waals surface area contributed by atoms with Crippen LogP contribution in [0, 0.1) is 13.8 Å². The van der Waals surface area contributed by atoms with Crippen LogP contribution >= 0.6 is 0 Å². The third-order valence-electron chi connectivity index (χ3n) is 5.47. The Kier molecular flexibility index (Phi) is 7.02. The second kappa shape index (κ2) is 10.1. The Morgan fingerprint density at radius 2 is 1.94 bits per heavy atom. The van der Waals surface area contributed by atoms with Crippen LogP contribution in [0.2, 0.25) is 0 Å². The maximum absolute atomic E-state index is 12.0. The summed E-state index contributed by atoms with van der Waals surface area (Å²) < 4.78 is 8.06. The van der Waals surface area contributed by atoms with Gasteiger partial charge in [-0.1, -0.05) is 12.1 Å². The van der Waals surface area contributed by atoms with Gasteiger partial charge in [-0.15, -0.1) is 0 Å². The number of rotatable bonds is 9. The molecule has 0 aliphatic rings. The molecule has 0 radical (unpaired) electrons. The number of carbonyl (C=O) groups is 1. The molecular formula is C27H31N5O3. The van der Waals surface area contributed by atoms with Gasteiger partial charge in [-0.05, 0) is 75.2 Å². The molecule has 2 aromatic carbocycles. The summed E-state index contributed by atoms with van der Waals surface area (Å²) in [5.41, 5.74) is 3.64. The van der Waals surface area contributed by atoms with Crippen LogP contribution in [-0.2, 0) is 11.3 Å². The lowest BCUT2D eigenvalue weighted by Gasteiger charge is -2.16. The summed E-state index contributed by atoms with van der Waals surface area (Å²) in [5, 5.41) is 16.1. The molecule has 35 heavy (non-hydrogen) atoms. The fraction of sp³-hybridized carbons (Fsp3) is 0.296. The molecule has 182 valence electrons. The molecule has 4 rings (SSSR count). The molecule has 0 saturated carbocycles. The number of benzene rings is 2. The summed E-state index contributed by atoms with van der Waals surface area (Å²) in [6, 6.07) is 15.8. The number of anilines is 2. The minimum atomic E-state index is -1.03. The van der Waals surface area contributed by atoms with Gasteiger partial charge in [-0.3, -0.25) is 4.79 Å². The largest absolute Gasteiger partial charge is 0.457 e. The Morgan fingerprint density at radius 3 is 2.69 bits per heavy atom. The fourth-order valence-electron chi connectivity index (χ4n) is 3.87. The van der Waals surface area contributed by atoms with Gasteiger partial charge in [0.05, 0.1) is 17.5 Å². The highest BCUT2D eigenvalue weighted by atomic mass is 16.5. The van der Waals surface area contributed by atoms with Crippen LogP contribution in [0.5, 0.6) is 11.5 Å². The number of hydrogen-bond donors (Lipinski definition) is 3. The highest BCUT2D eigenvalue weighted by Crippen LogP contribution is 2.30. The van der Waals surface area contributed by atoms with Crippen LogP contribution in [-0.4, -0.2) is 37.7 Å². The number of nitrogens with one attached hydrogen (secondary N) is 2. The first-order chi connectivity index (χ1) is 16.7. The van der Waals surface area contributed by atoms with Crippen molar-refractivity contribution in [1.29, 1.82) is 0 Å². The lowest BCUT2D eigenvalue weighted by atomic mass is 10.1. The first-order valence-corrected chi connectivity index (χ1v) is 11.6. The molecule has 8 nitrogen and oxygen atoms in total. The molecule has 3 N–H and O–H groups in total. The van der Waals surface area contributed by atoms with E-state index in [1.165, 1.54) is 6.33 Å². The quantitative estimate of drug-likeness (QED) is 0.321. The Bertz CT molecular complexity index is 1340. The monoisotopic (exact) mass is 473 g/mol. The van der Waals surface area contributed by atoms with Gasteiger partial charge in [-0.25, -0.2) is 9.97 Å². The fourth-order valence-corrected chi connectivity index (χ4v) is 3.87. The van der Waals surface area contributed by atoms with Crippen molar-refractivity contribution < 1.29 is 14.6 Å². The minimum absolute atomic E-state index is 0.0539. The van der Waals surface area contributed by atoms with Gasteiger partial charge in [-0.2, -0.15) is 0 Å². The maximum Gasteiger partial charge on any atom is 0.222 e. The topological polar surface area (TPSA) is 101 Å². The second-order valence-electron chi connectivity index (χ2n) is 9.33. The summed E-state index contributed by atoms with van der Waals surface area (Å²) >= 11 is 0. The standard InChI is InChI=1S/C27H31N5O3/c1-18-6-5-7-21(14-18)35-23-9-8-20(15-19(23)2)31-26-25-22(29-17-30-26)10-12-32(25)13-11-28-24(33)16-27(3,4)34/h5-10,12,14-15,17,34H,11,13,16H2,1-4H3,(H,28,33)(H,29,30,31). The van der Waals surface area contributed by atoms with Crippen LogP contribution in [0.3, 0.4) is 0 Å². The van der Waals surface area contributed by atoms with E-state index in [4.69, 9.17) is 4.74 Å². The molecule has 0 fully saturated rings. The zero-order valence-electron chi connectivity index (χ0n) is 20.5. The number of aromatic nitrogens is 3. The number of carbonyl (C=O) groups excluding carboxylic acids is 1. The average Bonchev–Trinajstić information content (AvgIpc) is 3.19. The number of amides is 1. The Labute approximate surface area is 205 Å². The molecule has 8 heteroatoms. The molecule has 0 aliphatic carbocycles. The number of aryl methyl sites for hydroxylation is 2. The maximum atomic E-state index is 12.0. The van der Waals surface area contributed by atoms with Gasteiger partial charge in [0, 0.05) is 25.0 Å². The predicted octanol–water partition coefficient (Wildman–Crippen LogP) is 4.86. The smallest absolute Gasteiger partial charge is 0.222 e. The minimum Gasteiger partial charge on any atom is -0.457 e. The van der Waals surface area contributed by atoms with E-state index in [0.29, 0.717) is 18.9 Å². The van der Waals surface area contributed by atoms with Gasteiger partial charge in [0.15, 0.2) is 5.82 Å². The first kappa shape index (κ1) is 24.2. The molecule has 0 atom stereocenters. The molecule has 0 bridgehead atoms. The molecule has 2 aromatic heterocycles. The van der Waals surface area contributed by atoms with Gasteiger partial charge in [0.25, 0.3) is 0 Å². The number of fused-ring (bicyclic) bond motifs is 1. The molecule has 4 aromatic rings. The second-order valence-corrected chi connectivity index (χ2v) is 9.33. The van der Waals surface area contributed by atoms with Gasteiger partial charge in [0.1, 0.15) is 23.3 Å². The number of nitrogens with zero attached hydrogens (tertiary/aromatic N) is 3. The number of ether oxygens (including phenoxy) is 1. The lowest BCUT2D eigenvalue weighted by Crippen LogP contribution is -2.33. The van der Waals surface area contributed by atoms with E-state index in [-0.39, 0.29) is 12.3 Å². The first-order valence-electron chi connectivity index (χ1n) is 11.6.